The number of benzene rings is 1. The molecule has 1 rings (SSSR count). The first-order chi connectivity index (χ1) is 16.0. The molecule has 196 valence electrons. The minimum absolute atomic E-state index is 0.0389. The largest absolute Gasteiger partial charge is 0.508 e. The first kappa shape index (κ1) is 29.9. The Morgan fingerprint density at radius 2 is 1.43 bits per heavy atom. The van der Waals surface area contributed by atoms with Gasteiger partial charge in [0.1, 0.15) is 18.8 Å². The van der Waals surface area contributed by atoms with E-state index in [4.69, 9.17) is 24.7 Å². The van der Waals surface area contributed by atoms with Crippen LogP contribution in [0.25, 0.3) is 0 Å². The molecule has 0 aromatic heterocycles. The van der Waals surface area contributed by atoms with E-state index < -0.39 is 47.0 Å². The summed E-state index contributed by atoms with van der Waals surface area (Å²) in [5.74, 6) is -1.62. The van der Waals surface area contributed by atoms with Gasteiger partial charge in [-0.05, 0) is 79.5 Å². The van der Waals surface area contributed by atoms with Crippen LogP contribution in [0.4, 0.5) is 4.79 Å². The molecule has 0 fully saturated rings. The van der Waals surface area contributed by atoms with E-state index in [0.29, 0.717) is 5.56 Å². The fourth-order valence-corrected chi connectivity index (χ4v) is 2.34. The van der Waals surface area contributed by atoms with Crippen molar-refractivity contribution in [3.8, 4) is 11.5 Å². The fourth-order valence-electron chi connectivity index (χ4n) is 2.34. The Hall–Kier alpha value is -3.14. The van der Waals surface area contributed by atoms with Gasteiger partial charge in [0.05, 0.1) is 17.4 Å². The van der Waals surface area contributed by atoms with Crippen molar-refractivity contribution in [2.75, 3.05) is 13.2 Å². The molecule has 0 radical (unpaired) electrons. The molecule has 0 aliphatic heterocycles. The molecular weight excluding hydrogens is 458 g/mol. The van der Waals surface area contributed by atoms with Gasteiger partial charge in [0.2, 0.25) is 0 Å². The number of hydrogen-bond acceptors (Lipinski definition) is 10. The summed E-state index contributed by atoms with van der Waals surface area (Å²) >= 11 is 0. The SMILES string of the molecule is CCOC(=O)O[C@@H](C)COC(=O)[C@@H](N)Cc1ccc(OC(=O)C(C)(C)C)c(OC(=O)C(C)(C)C)c1. The highest BCUT2D eigenvalue weighted by Gasteiger charge is 2.28. The molecule has 0 spiro atoms. The van der Waals surface area contributed by atoms with Crippen LogP contribution in [-0.2, 0) is 35.0 Å². The summed E-state index contributed by atoms with van der Waals surface area (Å²) in [5, 5.41) is 0. The van der Waals surface area contributed by atoms with Crippen LogP contribution in [0.1, 0.15) is 61.0 Å². The summed E-state index contributed by atoms with van der Waals surface area (Å²) in [6, 6.07) is 3.55. The molecule has 0 bridgehead atoms. The average molecular weight is 496 g/mol. The number of carbonyl (C=O) groups excluding carboxylic acids is 4. The highest BCUT2D eigenvalue weighted by Crippen LogP contribution is 2.33. The number of rotatable bonds is 9. The van der Waals surface area contributed by atoms with E-state index >= 15 is 0 Å². The van der Waals surface area contributed by atoms with Crippen LogP contribution in [0.5, 0.6) is 11.5 Å². The monoisotopic (exact) mass is 495 g/mol. The Labute approximate surface area is 206 Å². The van der Waals surface area contributed by atoms with Crippen LogP contribution in [0.2, 0.25) is 0 Å². The van der Waals surface area contributed by atoms with Crippen molar-refractivity contribution in [1.29, 1.82) is 0 Å². The summed E-state index contributed by atoms with van der Waals surface area (Å²) in [4.78, 5) is 48.5. The van der Waals surface area contributed by atoms with Crippen LogP contribution in [-0.4, -0.2) is 49.4 Å². The van der Waals surface area contributed by atoms with Gasteiger partial charge in [-0.1, -0.05) is 6.07 Å². The van der Waals surface area contributed by atoms with Crippen molar-refractivity contribution in [2.24, 2.45) is 16.6 Å². The number of ether oxygens (including phenoxy) is 5. The maximum atomic E-state index is 12.5. The van der Waals surface area contributed by atoms with E-state index in [1.165, 1.54) is 12.1 Å². The second-order valence-corrected chi connectivity index (χ2v) is 10.1. The molecule has 35 heavy (non-hydrogen) atoms. The first-order valence-electron chi connectivity index (χ1n) is 11.4. The summed E-state index contributed by atoms with van der Waals surface area (Å²) in [7, 11) is 0. The molecule has 0 saturated carbocycles. The average Bonchev–Trinajstić information content (AvgIpc) is 2.72. The van der Waals surface area contributed by atoms with Crippen molar-refractivity contribution in [1.82, 2.24) is 0 Å². The molecule has 1 aromatic carbocycles. The normalized spacial score (nSPS) is 13.3. The van der Waals surface area contributed by atoms with Gasteiger partial charge in [-0.15, -0.1) is 0 Å². The first-order valence-corrected chi connectivity index (χ1v) is 11.4. The lowest BCUT2D eigenvalue weighted by atomic mass is 9.97. The van der Waals surface area contributed by atoms with E-state index in [2.05, 4.69) is 4.74 Å². The van der Waals surface area contributed by atoms with Gasteiger partial charge >= 0.3 is 24.1 Å². The Morgan fingerprint density at radius 3 is 1.94 bits per heavy atom. The zero-order valence-electron chi connectivity index (χ0n) is 21.8. The summed E-state index contributed by atoms with van der Waals surface area (Å²) in [5.41, 5.74) is 4.96. The molecule has 0 saturated heterocycles. The Bertz CT molecular complexity index is 912. The van der Waals surface area contributed by atoms with Crippen LogP contribution in [0.3, 0.4) is 0 Å². The van der Waals surface area contributed by atoms with Gasteiger partial charge in [-0.3, -0.25) is 14.4 Å². The minimum Gasteiger partial charge on any atom is -0.461 e. The Balaban J connectivity index is 2.94. The topological polar surface area (TPSA) is 140 Å². The van der Waals surface area contributed by atoms with Crippen molar-refractivity contribution >= 4 is 24.1 Å². The van der Waals surface area contributed by atoms with Crippen LogP contribution >= 0.6 is 0 Å². The number of carbonyl (C=O) groups is 4. The molecule has 2 atom stereocenters. The van der Waals surface area contributed by atoms with Gasteiger partial charge in [0.25, 0.3) is 0 Å². The van der Waals surface area contributed by atoms with Gasteiger partial charge in [-0.25, -0.2) is 4.79 Å². The van der Waals surface area contributed by atoms with Crippen molar-refractivity contribution in [3.05, 3.63) is 23.8 Å². The lowest BCUT2D eigenvalue weighted by Gasteiger charge is -2.21. The van der Waals surface area contributed by atoms with E-state index in [-0.39, 0.29) is 31.1 Å². The fraction of sp³-hybridized carbons (Fsp3) is 0.600. The van der Waals surface area contributed by atoms with Gasteiger partial charge in [-0.2, -0.15) is 0 Å². The van der Waals surface area contributed by atoms with E-state index in [0.717, 1.165) is 0 Å². The van der Waals surface area contributed by atoms with Crippen LogP contribution < -0.4 is 15.2 Å². The molecule has 10 nitrogen and oxygen atoms in total. The zero-order valence-corrected chi connectivity index (χ0v) is 21.8. The van der Waals surface area contributed by atoms with Crippen LogP contribution in [0, 0.1) is 10.8 Å². The third kappa shape index (κ3) is 10.3. The standard InChI is InChI=1S/C25H37NO9/c1-9-31-23(30)33-15(2)14-32-20(27)17(26)12-16-10-11-18(34-21(28)24(3,4)5)19(13-16)35-22(29)25(6,7)8/h10-11,13,15,17H,9,12,14,26H2,1-8H3/t15-,17-/m0/s1. The molecule has 0 aliphatic rings. The van der Waals surface area contributed by atoms with Crippen LogP contribution in [0.15, 0.2) is 18.2 Å². The predicted octanol–water partition coefficient (Wildman–Crippen LogP) is 3.56. The predicted molar refractivity (Wildman–Crippen MR) is 127 cm³/mol. The molecule has 2 N–H and O–H groups in total. The second kappa shape index (κ2) is 12.5. The lowest BCUT2D eigenvalue weighted by molar-refractivity contribution is -0.148. The number of esters is 3. The van der Waals surface area contributed by atoms with Crippen molar-refractivity contribution < 1.29 is 42.9 Å². The number of nitrogens with two attached hydrogens (primary N) is 1. The third-order valence-corrected chi connectivity index (χ3v) is 4.42. The molecule has 1 aromatic rings. The summed E-state index contributed by atoms with van der Waals surface area (Å²) in [6.07, 6.45) is -1.52. The quantitative estimate of drug-likeness (QED) is 0.399. The highest BCUT2D eigenvalue weighted by atomic mass is 16.7. The van der Waals surface area contributed by atoms with E-state index in [1.54, 1.807) is 61.5 Å². The zero-order chi connectivity index (χ0) is 27.0. The Kier molecular flexibility index (Phi) is 10.7. The molecule has 10 heteroatoms. The lowest BCUT2D eigenvalue weighted by Crippen LogP contribution is -2.36. The summed E-state index contributed by atoms with van der Waals surface area (Å²) in [6.45, 7) is 13.3. The van der Waals surface area contributed by atoms with Gasteiger partial charge in [0, 0.05) is 0 Å². The molecule has 0 heterocycles. The molecule has 0 unspecified atom stereocenters. The second-order valence-electron chi connectivity index (χ2n) is 10.1. The maximum Gasteiger partial charge on any atom is 0.508 e. The smallest absolute Gasteiger partial charge is 0.461 e. The van der Waals surface area contributed by atoms with Gasteiger partial charge in [0.15, 0.2) is 11.5 Å². The van der Waals surface area contributed by atoms with Crippen molar-refractivity contribution in [2.45, 2.75) is 74.0 Å². The summed E-state index contributed by atoms with van der Waals surface area (Å²) < 4.78 is 25.7. The molecule has 0 aliphatic carbocycles. The van der Waals surface area contributed by atoms with E-state index in [1.807, 2.05) is 0 Å². The Morgan fingerprint density at radius 1 is 0.886 bits per heavy atom. The van der Waals surface area contributed by atoms with Crippen molar-refractivity contribution in [3.63, 3.8) is 0 Å². The highest BCUT2D eigenvalue weighted by molar-refractivity contribution is 5.81. The van der Waals surface area contributed by atoms with Gasteiger partial charge < -0.3 is 29.4 Å². The number of hydrogen-bond donors (Lipinski definition) is 1. The van der Waals surface area contributed by atoms with E-state index in [9.17, 15) is 19.2 Å². The third-order valence-electron chi connectivity index (χ3n) is 4.42. The molecular formula is C25H37NO9. The maximum absolute atomic E-state index is 12.5. The minimum atomic E-state index is -1.04. The molecule has 0 amide bonds.